The Morgan fingerprint density at radius 2 is 1.47 bits per heavy atom. The van der Waals surface area contributed by atoms with Crippen LogP contribution in [0, 0.1) is 0 Å². The number of thiazole rings is 1. The third-order valence-corrected chi connectivity index (χ3v) is 9.21. The summed E-state index contributed by atoms with van der Waals surface area (Å²) in [5.74, 6) is -3.73. The van der Waals surface area contributed by atoms with Crippen LogP contribution >= 0.6 is 23.1 Å². The zero-order valence-corrected chi connectivity index (χ0v) is 26.0. The van der Waals surface area contributed by atoms with Gasteiger partial charge in [-0.1, -0.05) is 72.8 Å². The molecule has 0 fully saturated rings. The number of amides is 2. The van der Waals surface area contributed by atoms with E-state index in [1.807, 2.05) is 72.1 Å². The topological polar surface area (TPSA) is 146 Å². The van der Waals surface area contributed by atoms with Gasteiger partial charge in [0.25, 0.3) is 5.91 Å². The Morgan fingerprint density at radius 3 is 2.23 bits per heavy atom. The van der Waals surface area contributed by atoms with Gasteiger partial charge in [-0.15, -0.1) is 23.1 Å². The number of aromatic nitrogens is 1. The van der Waals surface area contributed by atoms with Crippen molar-refractivity contribution >= 4 is 68.4 Å². The van der Waals surface area contributed by atoms with Crippen LogP contribution in [-0.4, -0.2) is 39.0 Å². The molecule has 47 heavy (non-hydrogen) atoms. The Kier molecular flexibility index (Phi) is 9.09. The largest absolute Gasteiger partial charge is 0.478 e. The molecule has 11 heteroatoms. The molecule has 0 saturated carbocycles. The standard InChI is InChI=1S/C36H25N3O6S2/c40-32(28-16-15-25(34(42)43)18-29(28)35(44)45)37-26-11-6-12-27(19-26)47-31(22-8-2-1-3-9-22)33(41)39-36-38-30(20-46-36)24-14-13-21-7-4-5-10-23(21)17-24/h1-20,31H,(H,37,40)(H,42,43)(H,44,45)(H,38,39,41). The molecular weight excluding hydrogens is 635 g/mol. The van der Waals surface area contributed by atoms with Crippen molar-refractivity contribution in [3.63, 3.8) is 0 Å². The fraction of sp³-hybridized carbons (Fsp3) is 0.0278. The highest BCUT2D eigenvalue weighted by atomic mass is 32.2. The Hall–Kier alpha value is -5.78. The second-order valence-corrected chi connectivity index (χ2v) is 12.4. The number of rotatable bonds is 10. The second-order valence-electron chi connectivity index (χ2n) is 10.4. The third kappa shape index (κ3) is 7.22. The van der Waals surface area contributed by atoms with E-state index in [1.165, 1.54) is 35.2 Å². The molecule has 0 aliphatic rings. The number of thioether (sulfide) groups is 1. The molecule has 232 valence electrons. The number of nitrogens with zero attached hydrogens (tertiary/aromatic N) is 1. The van der Waals surface area contributed by atoms with E-state index in [1.54, 1.807) is 24.3 Å². The fourth-order valence-corrected chi connectivity index (χ4v) is 6.72. The van der Waals surface area contributed by atoms with E-state index in [0.717, 1.165) is 33.7 Å². The molecule has 0 bridgehead atoms. The van der Waals surface area contributed by atoms with Gasteiger partial charge in [-0.25, -0.2) is 14.6 Å². The molecule has 0 spiro atoms. The first-order chi connectivity index (χ1) is 22.7. The van der Waals surface area contributed by atoms with Crippen LogP contribution in [0.25, 0.3) is 22.0 Å². The van der Waals surface area contributed by atoms with Gasteiger partial charge in [-0.2, -0.15) is 0 Å². The predicted octanol–water partition coefficient (Wildman–Crippen LogP) is 8.08. The number of hydrogen-bond donors (Lipinski definition) is 4. The maximum absolute atomic E-state index is 13.7. The molecule has 2 amide bonds. The summed E-state index contributed by atoms with van der Waals surface area (Å²) >= 11 is 2.61. The third-order valence-electron chi connectivity index (χ3n) is 7.21. The van der Waals surface area contributed by atoms with Gasteiger partial charge in [0.15, 0.2) is 5.13 Å². The lowest BCUT2D eigenvalue weighted by atomic mass is 10.0. The first-order valence-electron chi connectivity index (χ1n) is 14.2. The van der Waals surface area contributed by atoms with Crippen molar-refractivity contribution in [2.75, 3.05) is 10.6 Å². The number of benzene rings is 5. The van der Waals surface area contributed by atoms with Gasteiger partial charge in [0, 0.05) is 21.5 Å². The lowest BCUT2D eigenvalue weighted by Crippen LogP contribution is -2.19. The number of carbonyl (C=O) groups excluding carboxylic acids is 2. The van der Waals surface area contributed by atoms with E-state index < -0.39 is 28.7 Å². The van der Waals surface area contributed by atoms with E-state index in [4.69, 9.17) is 0 Å². The van der Waals surface area contributed by atoms with Crippen LogP contribution in [-0.2, 0) is 4.79 Å². The second kappa shape index (κ2) is 13.7. The Morgan fingerprint density at radius 1 is 0.702 bits per heavy atom. The molecule has 1 unspecified atom stereocenters. The monoisotopic (exact) mass is 659 g/mol. The van der Waals surface area contributed by atoms with E-state index in [-0.39, 0.29) is 17.0 Å². The fourth-order valence-electron chi connectivity index (χ4n) is 4.92. The maximum Gasteiger partial charge on any atom is 0.336 e. The van der Waals surface area contributed by atoms with Crippen molar-refractivity contribution < 1.29 is 29.4 Å². The van der Waals surface area contributed by atoms with E-state index in [9.17, 15) is 29.4 Å². The minimum Gasteiger partial charge on any atom is -0.478 e. The lowest BCUT2D eigenvalue weighted by Gasteiger charge is -2.17. The summed E-state index contributed by atoms with van der Waals surface area (Å²) in [4.78, 5) is 55.2. The van der Waals surface area contributed by atoms with E-state index in [2.05, 4.69) is 21.7 Å². The number of hydrogen-bond acceptors (Lipinski definition) is 7. The molecule has 0 aliphatic carbocycles. The molecule has 0 radical (unpaired) electrons. The number of anilines is 2. The molecule has 6 aromatic rings. The zero-order chi connectivity index (χ0) is 32.9. The molecule has 1 heterocycles. The lowest BCUT2D eigenvalue weighted by molar-refractivity contribution is -0.115. The first-order valence-corrected chi connectivity index (χ1v) is 16.0. The van der Waals surface area contributed by atoms with Crippen molar-refractivity contribution in [2.24, 2.45) is 0 Å². The average Bonchev–Trinajstić information content (AvgIpc) is 3.55. The Labute approximate surface area is 276 Å². The highest BCUT2D eigenvalue weighted by Gasteiger charge is 2.24. The number of carboxylic acid groups (broad SMARTS) is 2. The van der Waals surface area contributed by atoms with Crippen LogP contribution in [0.3, 0.4) is 0 Å². The quantitative estimate of drug-likeness (QED) is 0.108. The van der Waals surface area contributed by atoms with Crippen LogP contribution in [0.4, 0.5) is 10.8 Å². The maximum atomic E-state index is 13.7. The molecule has 1 atom stereocenters. The van der Waals surface area contributed by atoms with Crippen LogP contribution in [0.2, 0.25) is 0 Å². The Bertz CT molecular complexity index is 2150. The average molecular weight is 660 g/mol. The van der Waals surface area contributed by atoms with Crippen molar-refractivity contribution in [3.8, 4) is 11.3 Å². The predicted molar refractivity (Wildman–Crippen MR) is 183 cm³/mol. The van der Waals surface area contributed by atoms with Crippen molar-refractivity contribution in [1.29, 1.82) is 0 Å². The van der Waals surface area contributed by atoms with Crippen LogP contribution < -0.4 is 10.6 Å². The van der Waals surface area contributed by atoms with Crippen LogP contribution in [0.5, 0.6) is 0 Å². The SMILES string of the molecule is O=C(O)c1ccc(C(=O)Nc2cccc(SC(C(=O)Nc3nc(-c4ccc5ccccc5c4)cs3)c3ccccc3)c2)c(C(=O)O)c1. The summed E-state index contributed by atoms with van der Waals surface area (Å²) < 4.78 is 0. The Balaban J connectivity index is 1.20. The number of carbonyl (C=O) groups is 4. The van der Waals surface area contributed by atoms with Crippen molar-refractivity contribution in [1.82, 2.24) is 4.98 Å². The molecular formula is C36H25N3O6S2. The summed E-state index contributed by atoms with van der Waals surface area (Å²) in [6.07, 6.45) is 0. The minimum atomic E-state index is -1.43. The van der Waals surface area contributed by atoms with Gasteiger partial charge in [0.1, 0.15) is 5.25 Å². The number of carboxylic acids is 2. The molecule has 5 aromatic carbocycles. The number of nitrogens with one attached hydrogen (secondary N) is 2. The van der Waals surface area contributed by atoms with Gasteiger partial charge in [0.05, 0.1) is 22.4 Å². The zero-order valence-electron chi connectivity index (χ0n) is 24.4. The van der Waals surface area contributed by atoms with Crippen molar-refractivity contribution in [3.05, 3.63) is 143 Å². The van der Waals surface area contributed by atoms with Crippen LogP contribution in [0.1, 0.15) is 41.9 Å². The van der Waals surface area contributed by atoms with E-state index >= 15 is 0 Å². The summed E-state index contributed by atoms with van der Waals surface area (Å²) in [5, 5.41) is 28.4. The summed E-state index contributed by atoms with van der Waals surface area (Å²) in [7, 11) is 0. The van der Waals surface area contributed by atoms with Gasteiger partial charge >= 0.3 is 11.9 Å². The number of aromatic carboxylic acids is 2. The van der Waals surface area contributed by atoms with Crippen LogP contribution in [0.15, 0.2) is 126 Å². The summed E-state index contributed by atoms with van der Waals surface area (Å²) in [6.45, 7) is 0. The van der Waals surface area contributed by atoms with Gasteiger partial charge < -0.3 is 20.8 Å². The molecule has 6 rings (SSSR count). The normalized spacial score (nSPS) is 11.5. The molecule has 4 N–H and O–H groups in total. The number of fused-ring (bicyclic) bond motifs is 1. The van der Waals surface area contributed by atoms with Crippen molar-refractivity contribution in [2.45, 2.75) is 10.1 Å². The highest BCUT2D eigenvalue weighted by Crippen LogP contribution is 2.38. The van der Waals surface area contributed by atoms with E-state index in [0.29, 0.717) is 15.7 Å². The molecule has 0 aliphatic heterocycles. The summed E-state index contributed by atoms with van der Waals surface area (Å²) in [5.41, 5.74) is 1.97. The molecule has 1 aromatic heterocycles. The van der Waals surface area contributed by atoms with Gasteiger partial charge in [-0.3, -0.25) is 9.59 Å². The summed E-state index contributed by atoms with van der Waals surface area (Å²) in [6, 6.07) is 33.6. The molecule has 0 saturated heterocycles. The smallest absolute Gasteiger partial charge is 0.336 e. The highest BCUT2D eigenvalue weighted by molar-refractivity contribution is 8.00. The minimum absolute atomic E-state index is 0.186. The van der Waals surface area contributed by atoms with Gasteiger partial charge in [0.2, 0.25) is 5.91 Å². The van der Waals surface area contributed by atoms with Gasteiger partial charge in [-0.05, 0) is 58.8 Å². The molecule has 9 nitrogen and oxygen atoms in total. The first kappa shape index (κ1) is 31.2.